The van der Waals surface area contributed by atoms with Gasteiger partial charge in [0.25, 0.3) is 0 Å². The number of amides is 2. The fourth-order valence-electron chi connectivity index (χ4n) is 2.83. The van der Waals surface area contributed by atoms with Crippen LogP contribution in [0.4, 0.5) is 10.6 Å². The van der Waals surface area contributed by atoms with Crippen LogP contribution in [-0.4, -0.2) is 35.9 Å². The number of ether oxygens (including phenoxy) is 2. The average molecular weight is 418 g/mol. The predicted molar refractivity (Wildman–Crippen MR) is 116 cm³/mol. The Morgan fingerprint density at radius 3 is 2.23 bits per heavy atom. The third-order valence-corrected chi connectivity index (χ3v) is 4.46. The highest BCUT2D eigenvalue weighted by Crippen LogP contribution is 2.16. The Bertz CT molecular complexity index is 1110. The van der Waals surface area contributed by atoms with Crippen LogP contribution in [-0.2, 0) is 13.0 Å². The summed E-state index contributed by atoms with van der Waals surface area (Å²) in [5.74, 6) is 2.20. The minimum Gasteiger partial charge on any atom is -0.497 e. The topological polar surface area (TPSA) is 138 Å². The van der Waals surface area contributed by atoms with Crippen molar-refractivity contribution < 1.29 is 14.3 Å². The molecule has 1 aromatic heterocycles. The minimum atomic E-state index is -0.661. The summed E-state index contributed by atoms with van der Waals surface area (Å²) in [6, 6.07) is 16.0. The maximum Gasteiger partial charge on any atom is 0.342 e. The number of H-pyrrole nitrogens is 1. The first-order valence-electron chi connectivity index (χ1n) is 9.39. The molecule has 1 heterocycles. The molecule has 9 heteroatoms. The van der Waals surface area contributed by atoms with Gasteiger partial charge in [-0.2, -0.15) is 10.3 Å². The van der Waals surface area contributed by atoms with E-state index < -0.39 is 6.03 Å². The van der Waals surface area contributed by atoms with Crippen LogP contribution in [0.3, 0.4) is 0 Å². The van der Waals surface area contributed by atoms with E-state index in [4.69, 9.17) is 15.2 Å². The minimum absolute atomic E-state index is 0.144. The zero-order valence-electron chi connectivity index (χ0n) is 17.2. The van der Waals surface area contributed by atoms with Gasteiger partial charge < -0.3 is 25.5 Å². The van der Waals surface area contributed by atoms with Gasteiger partial charge in [0.05, 0.1) is 14.2 Å². The molecule has 158 valence electrons. The Balaban J connectivity index is 1.68. The van der Waals surface area contributed by atoms with E-state index in [-0.39, 0.29) is 23.8 Å². The summed E-state index contributed by atoms with van der Waals surface area (Å²) in [5.41, 5.74) is 7.80. The fourth-order valence-corrected chi connectivity index (χ4v) is 2.83. The van der Waals surface area contributed by atoms with E-state index in [2.05, 4.69) is 20.3 Å². The molecule has 0 saturated heterocycles. The SMILES string of the molecule is COc1ccc(CNC(=O)/N=C(\C#N)c2nc(Cc3ccc(OC)cc3)[nH]c2N)cc1. The highest BCUT2D eigenvalue weighted by atomic mass is 16.5. The molecule has 31 heavy (non-hydrogen) atoms. The van der Waals surface area contributed by atoms with E-state index in [9.17, 15) is 10.1 Å². The second kappa shape index (κ2) is 9.93. The number of carbonyl (C=O) groups excluding carboxylic acids is 1. The third kappa shape index (κ3) is 5.61. The van der Waals surface area contributed by atoms with Crippen LogP contribution in [0.2, 0.25) is 0 Å². The van der Waals surface area contributed by atoms with Gasteiger partial charge in [0.1, 0.15) is 34.9 Å². The molecular formula is C22H22N6O3. The monoisotopic (exact) mass is 418 g/mol. The van der Waals surface area contributed by atoms with E-state index in [1.165, 1.54) is 0 Å². The summed E-state index contributed by atoms with van der Waals surface area (Å²) in [6.07, 6.45) is 0.469. The molecule has 0 radical (unpaired) electrons. The van der Waals surface area contributed by atoms with Crippen molar-refractivity contribution in [3.8, 4) is 17.6 Å². The highest BCUT2D eigenvalue weighted by Gasteiger charge is 2.16. The number of urea groups is 1. The number of hydrogen-bond donors (Lipinski definition) is 3. The van der Waals surface area contributed by atoms with Gasteiger partial charge >= 0.3 is 6.03 Å². The third-order valence-electron chi connectivity index (χ3n) is 4.46. The van der Waals surface area contributed by atoms with E-state index in [1.807, 2.05) is 42.5 Å². The van der Waals surface area contributed by atoms with Crippen LogP contribution in [0.5, 0.6) is 11.5 Å². The molecule has 0 saturated carbocycles. The lowest BCUT2D eigenvalue weighted by Crippen LogP contribution is -2.21. The van der Waals surface area contributed by atoms with Crippen LogP contribution in [0, 0.1) is 11.3 Å². The van der Waals surface area contributed by atoms with Crippen LogP contribution < -0.4 is 20.5 Å². The first-order chi connectivity index (χ1) is 15.0. The van der Waals surface area contributed by atoms with Crippen molar-refractivity contribution in [3.05, 3.63) is 71.2 Å². The predicted octanol–water partition coefficient (Wildman–Crippen LogP) is 2.82. The van der Waals surface area contributed by atoms with Crippen molar-refractivity contribution in [2.45, 2.75) is 13.0 Å². The number of benzene rings is 2. The van der Waals surface area contributed by atoms with Crippen molar-refractivity contribution in [1.82, 2.24) is 15.3 Å². The number of rotatable bonds is 7. The van der Waals surface area contributed by atoms with Crippen molar-refractivity contribution in [1.29, 1.82) is 5.26 Å². The lowest BCUT2D eigenvalue weighted by molar-refractivity contribution is 0.249. The summed E-state index contributed by atoms with van der Waals surface area (Å²) in [5, 5.41) is 12.1. The zero-order chi connectivity index (χ0) is 22.2. The molecule has 0 unspecified atom stereocenters. The second-order valence-electron chi connectivity index (χ2n) is 6.55. The summed E-state index contributed by atoms with van der Waals surface area (Å²) < 4.78 is 10.2. The summed E-state index contributed by atoms with van der Waals surface area (Å²) in [7, 11) is 3.18. The lowest BCUT2D eigenvalue weighted by atomic mass is 10.1. The van der Waals surface area contributed by atoms with Gasteiger partial charge in [-0.15, -0.1) is 0 Å². The summed E-state index contributed by atoms with van der Waals surface area (Å²) in [6.45, 7) is 0.254. The van der Waals surface area contributed by atoms with Gasteiger partial charge in [-0.05, 0) is 35.4 Å². The molecule has 9 nitrogen and oxygen atoms in total. The number of aliphatic imine (C=N–C) groups is 1. The van der Waals surface area contributed by atoms with Gasteiger partial charge in [0.15, 0.2) is 5.71 Å². The molecule has 0 atom stereocenters. The maximum atomic E-state index is 12.2. The van der Waals surface area contributed by atoms with Crippen LogP contribution in [0.25, 0.3) is 0 Å². The van der Waals surface area contributed by atoms with Gasteiger partial charge in [0.2, 0.25) is 0 Å². The number of hydrogen-bond acceptors (Lipinski definition) is 6. The lowest BCUT2D eigenvalue weighted by Gasteiger charge is -2.04. The van der Waals surface area contributed by atoms with Crippen LogP contribution >= 0.6 is 0 Å². The Kier molecular flexibility index (Phi) is 6.85. The normalized spacial score (nSPS) is 10.9. The number of anilines is 1. The summed E-state index contributed by atoms with van der Waals surface area (Å²) >= 11 is 0. The smallest absolute Gasteiger partial charge is 0.342 e. The second-order valence-corrected chi connectivity index (χ2v) is 6.55. The number of aromatic nitrogens is 2. The number of nitrogen functional groups attached to an aromatic ring is 1. The van der Waals surface area contributed by atoms with Crippen LogP contribution in [0.1, 0.15) is 22.6 Å². The molecule has 4 N–H and O–H groups in total. The quantitative estimate of drug-likeness (QED) is 0.504. The Labute approximate surface area is 179 Å². The molecule has 0 aliphatic heterocycles. The molecule has 2 amide bonds. The van der Waals surface area contributed by atoms with Gasteiger partial charge in [0, 0.05) is 13.0 Å². The average Bonchev–Trinajstić information content (AvgIpc) is 3.16. The van der Waals surface area contributed by atoms with Crippen molar-refractivity contribution in [2.24, 2.45) is 4.99 Å². The number of nitrogens with one attached hydrogen (secondary N) is 2. The molecule has 0 aliphatic carbocycles. The van der Waals surface area contributed by atoms with E-state index in [1.54, 1.807) is 26.4 Å². The zero-order valence-corrected chi connectivity index (χ0v) is 17.2. The molecule has 3 rings (SSSR count). The van der Waals surface area contributed by atoms with Gasteiger partial charge in [-0.1, -0.05) is 24.3 Å². The Morgan fingerprint density at radius 2 is 1.68 bits per heavy atom. The molecular weight excluding hydrogens is 396 g/mol. The number of nitrogens with two attached hydrogens (primary N) is 1. The summed E-state index contributed by atoms with van der Waals surface area (Å²) in [4.78, 5) is 23.3. The number of methoxy groups -OCH3 is 2. The highest BCUT2D eigenvalue weighted by molar-refractivity contribution is 6.16. The molecule has 0 spiro atoms. The molecule has 0 fully saturated rings. The van der Waals surface area contributed by atoms with E-state index in [0.29, 0.717) is 12.2 Å². The Morgan fingerprint density at radius 1 is 1.10 bits per heavy atom. The molecule has 3 aromatic rings. The van der Waals surface area contributed by atoms with E-state index in [0.717, 1.165) is 22.6 Å². The largest absolute Gasteiger partial charge is 0.497 e. The maximum absolute atomic E-state index is 12.2. The number of aromatic amines is 1. The van der Waals surface area contributed by atoms with Crippen molar-refractivity contribution in [2.75, 3.05) is 20.0 Å². The number of nitriles is 1. The number of nitrogens with zero attached hydrogens (tertiary/aromatic N) is 3. The van der Waals surface area contributed by atoms with Gasteiger partial charge in [-0.25, -0.2) is 9.78 Å². The fraction of sp³-hybridized carbons (Fsp3) is 0.182. The van der Waals surface area contributed by atoms with Crippen molar-refractivity contribution in [3.63, 3.8) is 0 Å². The number of carbonyl (C=O) groups is 1. The van der Waals surface area contributed by atoms with Crippen LogP contribution in [0.15, 0.2) is 53.5 Å². The number of imidazole rings is 1. The molecule has 0 bridgehead atoms. The van der Waals surface area contributed by atoms with E-state index >= 15 is 0 Å². The van der Waals surface area contributed by atoms with Crippen molar-refractivity contribution >= 4 is 17.6 Å². The Hall–Kier alpha value is -4.32. The molecule has 0 aliphatic rings. The van der Waals surface area contributed by atoms with Gasteiger partial charge in [-0.3, -0.25) is 0 Å². The standard InChI is InChI=1S/C22H22N6O3/c1-30-16-7-3-14(4-8-16)11-19-27-20(21(24)28-19)18(12-23)26-22(29)25-13-15-5-9-17(31-2)10-6-15/h3-10H,11,13,24H2,1-2H3,(H,25,29)(H,27,28)/b26-18+. The first-order valence-corrected chi connectivity index (χ1v) is 9.39. The molecule has 2 aromatic carbocycles. The first kappa shape index (κ1) is 21.4.